The number of nitrogens with two attached hydrogens (primary N) is 1. The molecular formula is C21H21ClN2O. The van der Waals surface area contributed by atoms with Crippen molar-refractivity contribution >= 4 is 28.3 Å². The Labute approximate surface area is 152 Å². The summed E-state index contributed by atoms with van der Waals surface area (Å²) < 4.78 is 0. The molecule has 4 heteroatoms. The van der Waals surface area contributed by atoms with Gasteiger partial charge in [0, 0.05) is 11.4 Å². The molecule has 0 heterocycles. The Morgan fingerprint density at radius 3 is 2.44 bits per heavy atom. The lowest BCUT2D eigenvalue weighted by Crippen LogP contribution is -2.44. The molecule has 0 aliphatic heterocycles. The predicted octanol–water partition coefficient (Wildman–Crippen LogP) is 4.24. The van der Waals surface area contributed by atoms with Crippen molar-refractivity contribution in [2.75, 3.05) is 0 Å². The van der Waals surface area contributed by atoms with E-state index >= 15 is 0 Å². The Morgan fingerprint density at radius 2 is 1.72 bits per heavy atom. The highest BCUT2D eigenvalue weighted by molar-refractivity contribution is 6.30. The summed E-state index contributed by atoms with van der Waals surface area (Å²) in [6.45, 7) is 1.86. The average molecular weight is 353 g/mol. The molecule has 0 saturated carbocycles. The molecule has 128 valence electrons. The number of fused-ring (bicyclic) bond motifs is 1. The van der Waals surface area contributed by atoms with Gasteiger partial charge >= 0.3 is 0 Å². The average Bonchev–Trinajstić information content (AvgIpc) is 2.61. The predicted molar refractivity (Wildman–Crippen MR) is 104 cm³/mol. The van der Waals surface area contributed by atoms with E-state index in [0.29, 0.717) is 11.4 Å². The minimum Gasteiger partial charge on any atom is -0.340 e. The Morgan fingerprint density at radius 1 is 1.04 bits per heavy atom. The van der Waals surface area contributed by atoms with Gasteiger partial charge in [0.25, 0.3) is 0 Å². The largest absolute Gasteiger partial charge is 0.340 e. The summed E-state index contributed by atoms with van der Waals surface area (Å²) in [5, 5.41) is 5.92. The number of carbonyl (C=O) groups excluding carboxylic acids is 1. The van der Waals surface area contributed by atoms with Crippen LogP contribution in [0.4, 0.5) is 0 Å². The maximum absolute atomic E-state index is 12.4. The fraction of sp³-hybridized carbons (Fsp3) is 0.190. The minimum atomic E-state index is -0.427. The summed E-state index contributed by atoms with van der Waals surface area (Å²) in [7, 11) is 0. The first-order valence-electron chi connectivity index (χ1n) is 8.32. The van der Waals surface area contributed by atoms with Crippen LogP contribution in [0.5, 0.6) is 0 Å². The number of benzene rings is 3. The zero-order chi connectivity index (χ0) is 17.8. The highest BCUT2D eigenvalue weighted by Gasteiger charge is 2.17. The highest BCUT2D eigenvalue weighted by atomic mass is 35.5. The molecule has 0 spiro atoms. The standard InChI is InChI=1S/C21H21ClN2O/c1-14(16-8-10-19(22)11-9-16)21(25)24-20(23)13-15-6-7-17-4-2-3-5-18(17)12-15/h2-12,14,20H,13,23H2,1H3,(H,24,25). The lowest BCUT2D eigenvalue weighted by atomic mass is 10.00. The summed E-state index contributed by atoms with van der Waals surface area (Å²) >= 11 is 5.89. The molecule has 0 bridgehead atoms. The Hall–Kier alpha value is -2.36. The fourth-order valence-corrected chi connectivity index (χ4v) is 3.01. The zero-order valence-corrected chi connectivity index (χ0v) is 14.8. The van der Waals surface area contributed by atoms with Crippen molar-refractivity contribution in [2.45, 2.75) is 25.4 Å². The van der Waals surface area contributed by atoms with Crippen LogP contribution >= 0.6 is 11.6 Å². The Bertz CT molecular complexity index is 876. The summed E-state index contributed by atoms with van der Waals surface area (Å²) in [5.41, 5.74) is 8.16. The molecule has 0 fully saturated rings. The summed E-state index contributed by atoms with van der Waals surface area (Å²) in [6.07, 6.45) is 0.160. The van der Waals surface area contributed by atoms with Gasteiger partial charge in [-0.2, -0.15) is 0 Å². The normalized spacial score (nSPS) is 13.4. The van der Waals surface area contributed by atoms with E-state index in [0.717, 1.165) is 11.1 Å². The van der Waals surface area contributed by atoms with Gasteiger partial charge in [-0.3, -0.25) is 4.79 Å². The summed E-state index contributed by atoms with van der Waals surface area (Å²) in [6, 6.07) is 21.7. The highest BCUT2D eigenvalue weighted by Crippen LogP contribution is 2.19. The molecule has 3 aromatic rings. The molecule has 0 radical (unpaired) electrons. The van der Waals surface area contributed by atoms with E-state index in [1.807, 2.05) is 31.2 Å². The Balaban J connectivity index is 1.63. The molecule has 3 N–H and O–H groups in total. The van der Waals surface area contributed by atoms with E-state index in [2.05, 4.69) is 35.6 Å². The third kappa shape index (κ3) is 4.38. The molecule has 0 saturated heterocycles. The molecular weight excluding hydrogens is 332 g/mol. The third-order valence-corrected chi connectivity index (χ3v) is 4.61. The molecule has 2 atom stereocenters. The van der Waals surface area contributed by atoms with Crippen molar-refractivity contribution in [3.8, 4) is 0 Å². The van der Waals surface area contributed by atoms with Crippen LogP contribution in [0.2, 0.25) is 5.02 Å². The molecule has 25 heavy (non-hydrogen) atoms. The van der Waals surface area contributed by atoms with Crippen molar-refractivity contribution in [2.24, 2.45) is 5.73 Å². The van der Waals surface area contributed by atoms with E-state index in [4.69, 9.17) is 17.3 Å². The van der Waals surface area contributed by atoms with E-state index < -0.39 is 6.17 Å². The van der Waals surface area contributed by atoms with Crippen molar-refractivity contribution < 1.29 is 4.79 Å². The molecule has 3 rings (SSSR count). The van der Waals surface area contributed by atoms with Crippen LogP contribution in [0.3, 0.4) is 0 Å². The number of nitrogens with one attached hydrogen (secondary N) is 1. The van der Waals surface area contributed by atoms with Gasteiger partial charge in [-0.15, -0.1) is 0 Å². The zero-order valence-electron chi connectivity index (χ0n) is 14.1. The lowest BCUT2D eigenvalue weighted by Gasteiger charge is -2.18. The fourth-order valence-electron chi connectivity index (χ4n) is 2.88. The van der Waals surface area contributed by atoms with Gasteiger partial charge in [-0.1, -0.05) is 66.2 Å². The molecule has 1 amide bonds. The van der Waals surface area contributed by atoms with Crippen molar-refractivity contribution in [1.82, 2.24) is 5.32 Å². The van der Waals surface area contributed by atoms with Crippen LogP contribution in [-0.4, -0.2) is 12.1 Å². The maximum Gasteiger partial charge on any atom is 0.228 e. The monoisotopic (exact) mass is 352 g/mol. The number of amides is 1. The second-order valence-electron chi connectivity index (χ2n) is 6.27. The minimum absolute atomic E-state index is 0.0874. The molecule has 0 aliphatic carbocycles. The second-order valence-corrected chi connectivity index (χ2v) is 6.71. The first kappa shape index (κ1) is 17.5. The van der Waals surface area contributed by atoms with Gasteiger partial charge in [-0.25, -0.2) is 0 Å². The second kappa shape index (κ2) is 7.68. The van der Waals surface area contributed by atoms with Crippen LogP contribution in [0.25, 0.3) is 10.8 Å². The molecule has 2 unspecified atom stereocenters. The Kier molecular flexibility index (Phi) is 5.37. The van der Waals surface area contributed by atoms with Crippen LogP contribution in [0.15, 0.2) is 66.7 Å². The van der Waals surface area contributed by atoms with Crippen molar-refractivity contribution in [1.29, 1.82) is 0 Å². The van der Waals surface area contributed by atoms with Gasteiger partial charge in [-0.05, 0) is 41.0 Å². The SMILES string of the molecule is CC(C(=O)NC(N)Cc1ccc2ccccc2c1)c1ccc(Cl)cc1. The van der Waals surface area contributed by atoms with E-state index in [9.17, 15) is 4.79 Å². The maximum atomic E-state index is 12.4. The molecule has 3 aromatic carbocycles. The first-order chi connectivity index (χ1) is 12.0. The molecule has 0 aliphatic rings. The number of carbonyl (C=O) groups is 1. The van der Waals surface area contributed by atoms with Crippen LogP contribution < -0.4 is 11.1 Å². The third-order valence-electron chi connectivity index (χ3n) is 4.36. The van der Waals surface area contributed by atoms with E-state index in [-0.39, 0.29) is 11.8 Å². The number of halogens is 1. The molecule has 0 aromatic heterocycles. The van der Waals surface area contributed by atoms with Crippen LogP contribution in [0.1, 0.15) is 24.0 Å². The topological polar surface area (TPSA) is 55.1 Å². The van der Waals surface area contributed by atoms with E-state index in [1.165, 1.54) is 10.8 Å². The lowest BCUT2D eigenvalue weighted by molar-refractivity contribution is -0.122. The van der Waals surface area contributed by atoms with E-state index in [1.54, 1.807) is 12.1 Å². The number of rotatable bonds is 5. The summed E-state index contributed by atoms with van der Waals surface area (Å²) in [5.74, 6) is -0.365. The molecule has 3 nitrogen and oxygen atoms in total. The van der Waals surface area contributed by atoms with Crippen LogP contribution in [-0.2, 0) is 11.2 Å². The number of hydrogen-bond donors (Lipinski definition) is 2. The first-order valence-corrected chi connectivity index (χ1v) is 8.70. The quantitative estimate of drug-likeness (QED) is 0.675. The van der Waals surface area contributed by atoms with Crippen molar-refractivity contribution in [3.63, 3.8) is 0 Å². The van der Waals surface area contributed by atoms with Gasteiger partial charge in [0.1, 0.15) is 0 Å². The van der Waals surface area contributed by atoms with Gasteiger partial charge in [0.15, 0.2) is 0 Å². The van der Waals surface area contributed by atoms with Gasteiger partial charge < -0.3 is 11.1 Å². The smallest absolute Gasteiger partial charge is 0.228 e. The number of hydrogen-bond acceptors (Lipinski definition) is 2. The summed E-state index contributed by atoms with van der Waals surface area (Å²) in [4.78, 5) is 12.4. The van der Waals surface area contributed by atoms with Crippen molar-refractivity contribution in [3.05, 3.63) is 82.9 Å². The van der Waals surface area contributed by atoms with Gasteiger partial charge in [0.2, 0.25) is 5.91 Å². The van der Waals surface area contributed by atoms with Gasteiger partial charge in [0.05, 0.1) is 12.1 Å². The van der Waals surface area contributed by atoms with Crippen LogP contribution in [0, 0.1) is 0 Å².